The van der Waals surface area contributed by atoms with Crippen molar-refractivity contribution in [2.45, 2.75) is 32.0 Å². The molecule has 1 spiro atoms. The van der Waals surface area contributed by atoms with E-state index >= 15 is 0 Å². The Morgan fingerprint density at radius 2 is 1.71 bits per heavy atom. The summed E-state index contributed by atoms with van der Waals surface area (Å²) in [7, 11) is 0. The third kappa shape index (κ3) is 3.55. The van der Waals surface area contributed by atoms with E-state index in [4.69, 9.17) is 38.3 Å². The summed E-state index contributed by atoms with van der Waals surface area (Å²) in [6.45, 7) is 6.72. The predicted octanol–water partition coefficient (Wildman–Crippen LogP) is 4.09. The van der Waals surface area contributed by atoms with Crippen LogP contribution in [0.1, 0.15) is 19.7 Å². The van der Waals surface area contributed by atoms with Crippen LogP contribution in [-0.4, -0.2) is 49.8 Å². The lowest BCUT2D eigenvalue weighted by atomic mass is 9.90. The first-order valence-electron chi connectivity index (χ1n) is 11.3. The molecule has 6 rings (SSSR count). The molecule has 8 nitrogen and oxygen atoms in total. The first-order valence-corrected chi connectivity index (χ1v) is 12.1. The molecule has 0 aliphatic carbocycles. The van der Waals surface area contributed by atoms with Crippen LogP contribution >= 0.6 is 23.2 Å². The van der Waals surface area contributed by atoms with Crippen LogP contribution in [0.4, 0.5) is 5.95 Å². The second-order valence-electron chi connectivity index (χ2n) is 9.66. The number of aryl methyl sites for hydroxylation is 1. The van der Waals surface area contributed by atoms with Gasteiger partial charge in [0, 0.05) is 23.7 Å². The molecule has 2 aliphatic heterocycles. The average Bonchev–Trinajstić information content (AvgIpc) is 3.26. The molecule has 35 heavy (non-hydrogen) atoms. The number of hydrogen-bond donors (Lipinski definition) is 2. The Bertz CT molecular complexity index is 1490. The molecule has 0 radical (unpaired) electrons. The SMILES string of the molecule is Cc1nc(N2CC3(C2)NC(C)(C)NC3=O)n2nc(-c3ccccc3Cl)c(-c3ccc(Cl)cc3)c2n1. The van der Waals surface area contributed by atoms with Gasteiger partial charge in [0.05, 0.1) is 16.2 Å². The van der Waals surface area contributed by atoms with E-state index in [2.05, 4.69) is 10.6 Å². The van der Waals surface area contributed by atoms with Crippen LogP contribution in [0.3, 0.4) is 0 Å². The number of nitrogens with one attached hydrogen (secondary N) is 2. The summed E-state index contributed by atoms with van der Waals surface area (Å²) in [6, 6.07) is 15.2. The molecule has 0 saturated carbocycles. The number of benzene rings is 2. The van der Waals surface area contributed by atoms with Crippen LogP contribution in [0.2, 0.25) is 10.0 Å². The third-order valence-corrected chi connectivity index (χ3v) is 7.04. The van der Waals surface area contributed by atoms with Gasteiger partial charge >= 0.3 is 0 Å². The molecule has 10 heteroatoms. The quantitative estimate of drug-likeness (QED) is 0.434. The van der Waals surface area contributed by atoms with Gasteiger partial charge in [0.15, 0.2) is 5.65 Å². The minimum Gasteiger partial charge on any atom is -0.337 e. The van der Waals surface area contributed by atoms with E-state index in [1.54, 1.807) is 4.52 Å². The summed E-state index contributed by atoms with van der Waals surface area (Å²) in [4.78, 5) is 24.2. The smallest absolute Gasteiger partial charge is 0.245 e. The Labute approximate surface area is 212 Å². The van der Waals surface area contributed by atoms with Crippen molar-refractivity contribution in [3.63, 3.8) is 0 Å². The fourth-order valence-corrected chi connectivity index (χ4v) is 5.36. The Morgan fingerprint density at radius 3 is 2.37 bits per heavy atom. The van der Waals surface area contributed by atoms with Crippen LogP contribution < -0.4 is 15.5 Å². The second kappa shape index (κ2) is 7.65. The van der Waals surface area contributed by atoms with Crippen molar-refractivity contribution < 1.29 is 4.79 Å². The van der Waals surface area contributed by atoms with E-state index in [1.165, 1.54) is 0 Å². The van der Waals surface area contributed by atoms with Crippen molar-refractivity contribution in [3.05, 3.63) is 64.4 Å². The summed E-state index contributed by atoms with van der Waals surface area (Å²) in [5.41, 5.74) is 2.82. The van der Waals surface area contributed by atoms with Crippen LogP contribution in [0, 0.1) is 6.92 Å². The molecule has 2 fully saturated rings. The molecule has 2 aliphatic rings. The monoisotopic (exact) mass is 507 g/mol. The molecule has 4 heterocycles. The number of amides is 1. The minimum atomic E-state index is -0.646. The lowest BCUT2D eigenvalue weighted by Crippen LogP contribution is -2.72. The normalized spacial score (nSPS) is 18.2. The standard InChI is InChI=1S/C25H23Cl2N7O/c1-14-28-21-19(15-8-10-16(26)11-9-15)20(17-6-4-5-7-18(17)27)31-34(21)23(29-14)33-12-25(13-33)22(35)30-24(2,3)32-25/h4-11,32H,12-13H2,1-3H3,(H,30,35). The highest BCUT2D eigenvalue weighted by Gasteiger charge is 2.57. The largest absolute Gasteiger partial charge is 0.337 e. The molecule has 2 N–H and O–H groups in total. The van der Waals surface area contributed by atoms with Gasteiger partial charge in [-0.25, -0.2) is 4.98 Å². The third-order valence-electron chi connectivity index (χ3n) is 6.46. The van der Waals surface area contributed by atoms with Gasteiger partial charge in [-0.3, -0.25) is 10.1 Å². The fraction of sp³-hybridized carbons (Fsp3) is 0.280. The zero-order valence-electron chi connectivity index (χ0n) is 19.4. The predicted molar refractivity (Wildman–Crippen MR) is 137 cm³/mol. The van der Waals surface area contributed by atoms with Crippen LogP contribution in [0.25, 0.3) is 28.0 Å². The molecule has 1 amide bonds. The lowest BCUT2D eigenvalue weighted by molar-refractivity contribution is -0.125. The van der Waals surface area contributed by atoms with Crippen molar-refractivity contribution >= 4 is 40.7 Å². The van der Waals surface area contributed by atoms with E-state index in [0.29, 0.717) is 46.2 Å². The number of halogens is 2. The van der Waals surface area contributed by atoms with Crippen molar-refractivity contribution in [1.82, 2.24) is 30.2 Å². The highest BCUT2D eigenvalue weighted by atomic mass is 35.5. The maximum Gasteiger partial charge on any atom is 0.245 e. The number of fused-ring (bicyclic) bond motifs is 1. The zero-order valence-corrected chi connectivity index (χ0v) is 20.9. The number of rotatable bonds is 3. The molecule has 4 aromatic rings. The average molecular weight is 508 g/mol. The number of carbonyl (C=O) groups is 1. The molecular formula is C25H23Cl2N7O. The lowest BCUT2D eigenvalue weighted by Gasteiger charge is -2.46. The van der Waals surface area contributed by atoms with E-state index in [0.717, 1.165) is 16.7 Å². The summed E-state index contributed by atoms with van der Waals surface area (Å²) in [6.07, 6.45) is 0. The van der Waals surface area contributed by atoms with Gasteiger partial charge < -0.3 is 10.2 Å². The maximum atomic E-state index is 12.7. The Morgan fingerprint density at radius 1 is 1.00 bits per heavy atom. The van der Waals surface area contributed by atoms with Crippen molar-refractivity contribution in [2.24, 2.45) is 0 Å². The number of anilines is 1. The zero-order chi connectivity index (χ0) is 24.5. The Hall–Kier alpha value is -3.20. The topological polar surface area (TPSA) is 87.5 Å². The molecule has 178 valence electrons. The van der Waals surface area contributed by atoms with Gasteiger partial charge in [0.1, 0.15) is 17.1 Å². The fourth-order valence-electron chi connectivity index (χ4n) is 5.01. The van der Waals surface area contributed by atoms with Crippen molar-refractivity contribution in [3.8, 4) is 22.4 Å². The molecule has 0 atom stereocenters. The van der Waals surface area contributed by atoms with Gasteiger partial charge in [0.25, 0.3) is 0 Å². The number of hydrogen-bond acceptors (Lipinski definition) is 6. The van der Waals surface area contributed by atoms with Crippen molar-refractivity contribution in [2.75, 3.05) is 18.0 Å². The van der Waals surface area contributed by atoms with Gasteiger partial charge in [-0.1, -0.05) is 53.5 Å². The molecule has 2 saturated heterocycles. The van der Waals surface area contributed by atoms with Crippen molar-refractivity contribution in [1.29, 1.82) is 0 Å². The first kappa shape index (κ1) is 22.3. The molecule has 2 aromatic heterocycles. The summed E-state index contributed by atoms with van der Waals surface area (Å²) < 4.78 is 1.75. The van der Waals surface area contributed by atoms with Gasteiger partial charge in [-0.05, 0) is 44.5 Å². The highest BCUT2D eigenvalue weighted by molar-refractivity contribution is 6.33. The van der Waals surface area contributed by atoms with Crippen LogP contribution in [0.15, 0.2) is 48.5 Å². The Kier molecular flexibility index (Phi) is 4.87. The maximum absolute atomic E-state index is 12.7. The molecule has 2 aromatic carbocycles. The molecule has 0 unspecified atom stereocenters. The molecule has 0 bridgehead atoms. The summed E-state index contributed by atoms with van der Waals surface area (Å²) in [5.74, 6) is 1.24. The Balaban J connectivity index is 1.52. The van der Waals surface area contributed by atoms with Gasteiger partial charge in [-0.2, -0.15) is 14.6 Å². The summed E-state index contributed by atoms with van der Waals surface area (Å²) >= 11 is 12.8. The molecular weight excluding hydrogens is 485 g/mol. The highest BCUT2D eigenvalue weighted by Crippen LogP contribution is 2.40. The first-order chi connectivity index (χ1) is 16.7. The van der Waals surface area contributed by atoms with Gasteiger partial charge in [-0.15, -0.1) is 0 Å². The van der Waals surface area contributed by atoms with E-state index in [-0.39, 0.29) is 5.91 Å². The number of aromatic nitrogens is 4. The van der Waals surface area contributed by atoms with Gasteiger partial charge in [0.2, 0.25) is 11.9 Å². The minimum absolute atomic E-state index is 0.000142. The number of carbonyl (C=O) groups excluding carboxylic acids is 1. The summed E-state index contributed by atoms with van der Waals surface area (Å²) in [5, 5.41) is 12.6. The second-order valence-corrected chi connectivity index (χ2v) is 10.5. The van der Waals surface area contributed by atoms with E-state index in [9.17, 15) is 4.79 Å². The number of nitrogens with zero attached hydrogens (tertiary/aromatic N) is 5. The van der Waals surface area contributed by atoms with Crippen LogP contribution in [0.5, 0.6) is 0 Å². The van der Waals surface area contributed by atoms with Crippen LogP contribution in [-0.2, 0) is 4.79 Å². The van der Waals surface area contributed by atoms with E-state index in [1.807, 2.05) is 74.2 Å². The van der Waals surface area contributed by atoms with E-state index < -0.39 is 11.2 Å².